The van der Waals surface area contributed by atoms with Crippen LogP contribution in [0.2, 0.25) is 0 Å². The third-order valence-electron chi connectivity index (χ3n) is 8.16. The van der Waals surface area contributed by atoms with Crippen molar-refractivity contribution in [3.8, 4) is 0 Å². The van der Waals surface area contributed by atoms with Crippen LogP contribution in [-0.4, -0.2) is 94.7 Å². The van der Waals surface area contributed by atoms with Gasteiger partial charge in [-0.2, -0.15) is 13.2 Å². The minimum Gasteiger partial charge on any atom is -0.479 e. The van der Waals surface area contributed by atoms with Gasteiger partial charge in [0.1, 0.15) is 29.8 Å². The lowest BCUT2D eigenvalue weighted by Crippen LogP contribution is -2.65. The number of carboxylic acids is 2. The minimum absolute atomic E-state index is 0.0231. The molecule has 0 saturated carbocycles. The van der Waals surface area contributed by atoms with Crippen LogP contribution in [-0.2, 0) is 35.3 Å². The van der Waals surface area contributed by atoms with Gasteiger partial charge in [0.05, 0.1) is 0 Å². The van der Waals surface area contributed by atoms with E-state index in [-0.39, 0.29) is 38.5 Å². The molecular formula is C37H59F3N6O11. The third-order valence-corrected chi connectivity index (χ3v) is 8.16. The SMILES string of the molecule is CC(C)[C@H](NC(=O)[C@@H](CCCCNC(=O)OCc1ccccc1)NC(=O)N[C@](CCCCNC(=O)OC(C)(C)C)(C(=O)O)C(C)(C)C)C(N)=O.O=C(O)C(F)(F)F. The molecule has 0 aliphatic rings. The second kappa shape index (κ2) is 23.7. The number of benzene rings is 1. The number of hydrogen-bond donors (Lipinski definition) is 8. The van der Waals surface area contributed by atoms with Gasteiger partial charge in [-0.25, -0.2) is 24.0 Å². The average Bonchev–Trinajstić information content (AvgIpc) is 3.06. The van der Waals surface area contributed by atoms with Gasteiger partial charge in [-0.3, -0.25) is 9.59 Å². The molecule has 0 fully saturated rings. The summed E-state index contributed by atoms with van der Waals surface area (Å²) in [6.07, 6.45) is -4.60. The van der Waals surface area contributed by atoms with Crippen molar-refractivity contribution in [2.24, 2.45) is 17.1 Å². The number of halogens is 3. The first-order valence-electron chi connectivity index (χ1n) is 18.3. The van der Waals surface area contributed by atoms with Crippen LogP contribution < -0.4 is 32.3 Å². The maximum Gasteiger partial charge on any atom is 0.490 e. The second-order valence-corrected chi connectivity index (χ2v) is 15.4. The van der Waals surface area contributed by atoms with E-state index in [2.05, 4.69) is 26.6 Å². The standard InChI is InChI=1S/C35H58N6O9.C2HF3O2/c1-23(2)26(27(36)42)40-28(43)25(18-12-14-20-37-31(47)49-22-24-16-10-9-11-17-24)39-30(46)41-35(29(44)45,33(3,4)5)19-13-15-21-38-32(48)50-34(6,7)8;3-2(4,5)1(6)7/h9-11,16-17,23,25-26H,12-15,18-22H2,1-8H3,(H2,36,42)(H,37,47)(H,38,48)(H,40,43)(H,44,45)(H2,39,41,46);(H,6,7)/t25-,26+,35-;/m1./s1. The van der Waals surface area contributed by atoms with Crippen molar-refractivity contribution in [3.05, 3.63) is 35.9 Å². The Labute approximate surface area is 330 Å². The van der Waals surface area contributed by atoms with Gasteiger partial charge >= 0.3 is 36.3 Å². The molecule has 0 heterocycles. The number of carbonyl (C=O) groups excluding carboxylic acids is 5. The van der Waals surface area contributed by atoms with Crippen LogP contribution in [0.5, 0.6) is 0 Å². The Kier molecular flexibility index (Phi) is 21.5. The Morgan fingerprint density at radius 2 is 1.30 bits per heavy atom. The summed E-state index contributed by atoms with van der Waals surface area (Å²) in [4.78, 5) is 84.6. The van der Waals surface area contributed by atoms with Crippen LogP contribution in [0.15, 0.2) is 30.3 Å². The Morgan fingerprint density at radius 3 is 1.75 bits per heavy atom. The van der Waals surface area contributed by atoms with Crippen LogP contribution in [0.4, 0.5) is 27.6 Å². The van der Waals surface area contributed by atoms with Crippen LogP contribution >= 0.6 is 0 Å². The number of ether oxygens (including phenoxy) is 2. The molecule has 324 valence electrons. The normalized spacial score (nSPS) is 13.6. The van der Waals surface area contributed by atoms with E-state index >= 15 is 0 Å². The molecule has 3 atom stereocenters. The van der Waals surface area contributed by atoms with Gasteiger partial charge < -0.3 is 52.0 Å². The Hall–Kier alpha value is -5.30. The smallest absolute Gasteiger partial charge is 0.479 e. The molecule has 0 aliphatic heterocycles. The summed E-state index contributed by atoms with van der Waals surface area (Å²) in [5, 5.41) is 30.6. The fourth-order valence-corrected chi connectivity index (χ4v) is 5.04. The van der Waals surface area contributed by atoms with Crippen molar-refractivity contribution in [2.45, 2.75) is 130 Å². The molecule has 0 aromatic heterocycles. The van der Waals surface area contributed by atoms with Crippen LogP contribution in [0, 0.1) is 11.3 Å². The quantitative estimate of drug-likeness (QED) is 0.0896. The van der Waals surface area contributed by atoms with E-state index < -0.39 is 76.8 Å². The van der Waals surface area contributed by atoms with Crippen LogP contribution in [0.1, 0.15) is 99.5 Å². The number of alkyl carbamates (subject to hydrolysis) is 2. The lowest BCUT2D eigenvalue weighted by molar-refractivity contribution is -0.192. The Balaban J connectivity index is 0.00000407. The fourth-order valence-electron chi connectivity index (χ4n) is 5.04. The molecule has 17 nitrogen and oxygen atoms in total. The molecule has 57 heavy (non-hydrogen) atoms. The van der Waals surface area contributed by atoms with Crippen molar-refractivity contribution in [1.29, 1.82) is 0 Å². The number of nitrogens with two attached hydrogens (primary N) is 1. The van der Waals surface area contributed by atoms with E-state index in [0.29, 0.717) is 25.7 Å². The highest BCUT2D eigenvalue weighted by Crippen LogP contribution is 2.35. The third kappa shape index (κ3) is 21.0. The van der Waals surface area contributed by atoms with Crippen molar-refractivity contribution >= 4 is 42.0 Å². The fraction of sp³-hybridized carbons (Fsp3) is 0.649. The topological polar surface area (TPSA) is 265 Å². The van der Waals surface area contributed by atoms with Crippen molar-refractivity contribution in [2.75, 3.05) is 13.1 Å². The number of unbranched alkanes of at least 4 members (excludes halogenated alkanes) is 2. The summed E-state index contributed by atoms with van der Waals surface area (Å²) in [5.74, 6) is -5.76. The predicted octanol–water partition coefficient (Wildman–Crippen LogP) is 4.57. The highest BCUT2D eigenvalue weighted by molar-refractivity contribution is 5.93. The van der Waals surface area contributed by atoms with Crippen molar-refractivity contribution < 1.29 is 66.4 Å². The van der Waals surface area contributed by atoms with Gasteiger partial charge in [-0.1, -0.05) is 65.0 Å². The number of rotatable bonds is 19. The van der Waals surface area contributed by atoms with Crippen LogP contribution in [0.25, 0.3) is 0 Å². The minimum atomic E-state index is -5.08. The molecule has 9 N–H and O–H groups in total. The molecule has 0 spiro atoms. The number of amides is 6. The summed E-state index contributed by atoms with van der Waals surface area (Å²) in [6, 6.07) is 6.14. The molecule has 1 rings (SSSR count). The number of urea groups is 1. The molecule has 6 amide bonds. The lowest BCUT2D eigenvalue weighted by atomic mass is 9.70. The maximum absolute atomic E-state index is 13.5. The molecule has 0 radical (unpaired) electrons. The van der Waals surface area contributed by atoms with Crippen LogP contribution in [0.3, 0.4) is 0 Å². The largest absolute Gasteiger partial charge is 0.490 e. The Morgan fingerprint density at radius 1 is 0.772 bits per heavy atom. The van der Waals surface area contributed by atoms with E-state index in [9.17, 15) is 47.0 Å². The summed E-state index contributed by atoms with van der Waals surface area (Å²) in [5.41, 5.74) is 2.95. The molecule has 0 saturated heterocycles. The van der Waals surface area contributed by atoms with Gasteiger partial charge in [0.2, 0.25) is 11.8 Å². The molecular weight excluding hydrogens is 761 g/mol. The first kappa shape index (κ1) is 51.7. The first-order chi connectivity index (χ1) is 26.1. The van der Waals surface area contributed by atoms with Gasteiger partial charge in [0, 0.05) is 13.1 Å². The summed E-state index contributed by atoms with van der Waals surface area (Å²) in [6.45, 7) is 14.3. The molecule has 1 aromatic rings. The number of hydrogen-bond acceptors (Lipinski definition) is 9. The molecule has 1 aromatic carbocycles. The van der Waals surface area contributed by atoms with Gasteiger partial charge in [-0.15, -0.1) is 0 Å². The number of nitrogens with one attached hydrogen (secondary N) is 5. The van der Waals surface area contributed by atoms with E-state index in [0.717, 1.165) is 5.56 Å². The monoisotopic (exact) mass is 820 g/mol. The summed E-state index contributed by atoms with van der Waals surface area (Å²) in [7, 11) is 0. The molecule has 0 bridgehead atoms. The number of carbonyl (C=O) groups is 7. The number of primary amides is 1. The second-order valence-electron chi connectivity index (χ2n) is 15.4. The van der Waals surface area contributed by atoms with E-state index in [4.69, 9.17) is 25.1 Å². The number of aliphatic carboxylic acids is 2. The molecule has 0 aliphatic carbocycles. The van der Waals surface area contributed by atoms with Gasteiger partial charge in [0.15, 0.2) is 0 Å². The molecule has 20 heteroatoms. The van der Waals surface area contributed by atoms with Gasteiger partial charge in [0.25, 0.3) is 0 Å². The predicted molar refractivity (Wildman–Crippen MR) is 201 cm³/mol. The van der Waals surface area contributed by atoms with E-state index in [1.165, 1.54) is 0 Å². The average molecular weight is 821 g/mol. The summed E-state index contributed by atoms with van der Waals surface area (Å²) < 4.78 is 42.2. The molecule has 0 unspecified atom stereocenters. The Bertz CT molecular complexity index is 1480. The highest BCUT2D eigenvalue weighted by atomic mass is 19.4. The number of carboxylic acid groups (broad SMARTS) is 2. The number of alkyl halides is 3. The zero-order chi connectivity index (χ0) is 44.2. The van der Waals surface area contributed by atoms with Crippen molar-refractivity contribution in [1.82, 2.24) is 26.6 Å². The zero-order valence-corrected chi connectivity index (χ0v) is 33.8. The van der Waals surface area contributed by atoms with E-state index in [1.807, 2.05) is 30.3 Å². The summed E-state index contributed by atoms with van der Waals surface area (Å²) >= 11 is 0. The van der Waals surface area contributed by atoms with Crippen molar-refractivity contribution in [3.63, 3.8) is 0 Å². The van der Waals surface area contributed by atoms with Gasteiger partial charge in [-0.05, 0) is 76.2 Å². The van der Waals surface area contributed by atoms with E-state index in [1.54, 1.807) is 55.4 Å². The maximum atomic E-state index is 13.5. The highest BCUT2D eigenvalue weighted by Gasteiger charge is 2.50. The lowest BCUT2D eigenvalue weighted by Gasteiger charge is -2.42. The first-order valence-corrected chi connectivity index (χ1v) is 18.3. The zero-order valence-electron chi connectivity index (χ0n) is 33.8.